The van der Waals surface area contributed by atoms with Gasteiger partial charge in [-0.1, -0.05) is 19.1 Å². The van der Waals surface area contributed by atoms with E-state index in [0.29, 0.717) is 24.1 Å². The minimum Gasteiger partial charge on any atom is -0.494 e. The molecule has 0 aliphatic rings. The van der Waals surface area contributed by atoms with E-state index in [0.717, 1.165) is 31.0 Å². The Morgan fingerprint density at radius 1 is 1.04 bits per heavy atom. The number of pyridine rings is 1. The number of halogens is 1. The van der Waals surface area contributed by atoms with Crippen molar-refractivity contribution in [1.82, 2.24) is 9.88 Å². The molecule has 0 spiro atoms. The molecule has 0 unspecified atom stereocenters. The Kier molecular flexibility index (Phi) is 6.24. The number of nitrogens with one attached hydrogen (secondary N) is 1. The summed E-state index contributed by atoms with van der Waals surface area (Å²) in [6.07, 6.45) is 1.01. The molecule has 0 fully saturated rings. The Hall–Kier alpha value is -2.66. The van der Waals surface area contributed by atoms with Crippen LogP contribution in [0, 0.1) is 5.82 Å². The molecule has 142 valence electrons. The first-order valence-corrected chi connectivity index (χ1v) is 9.34. The average Bonchev–Trinajstić information content (AvgIpc) is 2.64. The number of aromatic nitrogens is 1. The molecule has 3 rings (SSSR count). The van der Waals surface area contributed by atoms with E-state index in [2.05, 4.69) is 28.9 Å². The number of fused-ring (bicyclic) bond motifs is 1. The zero-order chi connectivity index (χ0) is 19.2. The molecule has 0 saturated heterocycles. The van der Waals surface area contributed by atoms with Crippen LogP contribution in [0.3, 0.4) is 0 Å². The summed E-state index contributed by atoms with van der Waals surface area (Å²) in [6, 6.07) is 13.9. The van der Waals surface area contributed by atoms with Crippen molar-refractivity contribution in [1.29, 1.82) is 0 Å². The quantitative estimate of drug-likeness (QED) is 0.638. The Morgan fingerprint density at radius 2 is 1.81 bits per heavy atom. The van der Waals surface area contributed by atoms with Crippen LogP contribution in [0.15, 0.2) is 53.3 Å². The van der Waals surface area contributed by atoms with E-state index in [1.165, 1.54) is 17.7 Å². The molecule has 0 aliphatic carbocycles. The molecule has 4 nitrogen and oxygen atoms in total. The lowest BCUT2D eigenvalue weighted by Crippen LogP contribution is -2.25. The highest BCUT2D eigenvalue weighted by atomic mass is 19.1. The Labute approximate surface area is 158 Å². The van der Waals surface area contributed by atoms with Gasteiger partial charge in [0.1, 0.15) is 11.6 Å². The van der Waals surface area contributed by atoms with E-state index in [9.17, 15) is 9.18 Å². The Morgan fingerprint density at radius 3 is 2.52 bits per heavy atom. The van der Waals surface area contributed by atoms with Crippen LogP contribution in [0.1, 0.15) is 31.5 Å². The van der Waals surface area contributed by atoms with Gasteiger partial charge in [-0.25, -0.2) is 4.39 Å². The summed E-state index contributed by atoms with van der Waals surface area (Å²) < 4.78 is 18.9. The topological polar surface area (TPSA) is 45.3 Å². The predicted octanol–water partition coefficient (Wildman–Crippen LogP) is 4.48. The second-order valence-electron chi connectivity index (χ2n) is 6.64. The number of benzene rings is 2. The first-order chi connectivity index (χ1) is 13.1. The van der Waals surface area contributed by atoms with Gasteiger partial charge in [0.25, 0.3) is 0 Å². The highest BCUT2D eigenvalue weighted by Crippen LogP contribution is 2.16. The van der Waals surface area contributed by atoms with E-state index >= 15 is 0 Å². The molecule has 0 saturated carbocycles. The summed E-state index contributed by atoms with van der Waals surface area (Å²) in [5.74, 6) is 0.471. The van der Waals surface area contributed by atoms with Crippen molar-refractivity contribution in [3.8, 4) is 5.75 Å². The summed E-state index contributed by atoms with van der Waals surface area (Å²) in [6.45, 7) is 7.08. The van der Waals surface area contributed by atoms with Gasteiger partial charge in [-0.3, -0.25) is 9.69 Å². The smallest absolute Gasteiger partial charge is 0.189 e. The van der Waals surface area contributed by atoms with Gasteiger partial charge in [0.2, 0.25) is 0 Å². The lowest BCUT2D eigenvalue weighted by Gasteiger charge is -2.22. The molecule has 3 aromatic rings. The molecule has 1 N–H and O–H groups in total. The monoisotopic (exact) mass is 368 g/mol. The van der Waals surface area contributed by atoms with Crippen LogP contribution in [0.4, 0.5) is 4.39 Å². The maximum Gasteiger partial charge on any atom is 0.189 e. The van der Waals surface area contributed by atoms with Gasteiger partial charge < -0.3 is 9.72 Å². The van der Waals surface area contributed by atoms with Gasteiger partial charge in [0, 0.05) is 35.8 Å². The van der Waals surface area contributed by atoms with Gasteiger partial charge in [-0.15, -0.1) is 0 Å². The van der Waals surface area contributed by atoms with Crippen molar-refractivity contribution >= 4 is 10.9 Å². The second kappa shape index (κ2) is 8.82. The van der Waals surface area contributed by atoms with Crippen molar-refractivity contribution in [3.63, 3.8) is 0 Å². The second-order valence-corrected chi connectivity index (χ2v) is 6.64. The molecule has 0 atom stereocenters. The van der Waals surface area contributed by atoms with Crippen molar-refractivity contribution in [2.45, 2.75) is 33.4 Å². The first kappa shape index (κ1) is 19.1. The fraction of sp³-hybridized carbons (Fsp3) is 0.318. The Bertz CT molecular complexity index is 951. The number of hydrogen-bond donors (Lipinski definition) is 1. The fourth-order valence-electron chi connectivity index (χ4n) is 3.25. The van der Waals surface area contributed by atoms with Crippen LogP contribution < -0.4 is 10.2 Å². The van der Waals surface area contributed by atoms with Gasteiger partial charge in [0.05, 0.1) is 6.61 Å². The number of H-pyrrole nitrogens is 1. The van der Waals surface area contributed by atoms with Crippen molar-refractivity contribution in [2.24, 2.45) is 0 Å². The lowest BCUT2D eigenvalue weighted by molar-refractivity contribution is 0.254. The van der Waals surface area contributed by atoms with E-state index in [1.54, 1.807) is 12.1 Å². The molecule has 5 heteroatoms. The van der Waals surface area contributed by atoms with Crippen LogP contribution in [-0.4, -0.2) is 23.0 Å². The average molecular weight is 368 g/mol. The molecule has 1 aromatic heterocycles. The molecule has 0 bridgehead atoms. The normalized spacial score (nSPS) is 11.3. The summed E-state index contributed by atoms with van der Waals surface area (Å²) in [4.78, 5) is 17.9. The summed E-state index contributed by atoms with van der Waals surface area (Å²) in [5, 5.41) is 0.382. The van der Waals surface area contributed by atoms with Crippen LogP contribution in [0.25, 0.3) is 10.9 Å². The fourth-order valence-corrected chi connectivity index (χ4v) is 3.25. The highest BCUT2D eigenvalue weighted by molar-refractivity contribution is 5.78. The minimum atomic E-state index is -0.399. The van der Waals surface area contributed by atoms with E-state index in [-0.39, 0.29) is 5.43 Å². The van der Waals surface area contributed by atoms with Gasteiger partial charge >= 0.3 is 0 Å². The van der Waals surface area contributed by atoms with Crippen LogP contribution in [-0.2, 0) is 13.1 Å². The molecular weight excluding hydrogens is 343 g/mol. The largest absolute Gasteiger partial charge is 0.494 e. The van der Waals surface area contributed by atoms with E-state index in [4.69, 9.17) is 4.74 Å². The third kappa shape index (κ3) is 4.95. The lowest BCUT2D eigenvalue weighted by atomic mass is 10.1. The van der Waals surface area contributed by atoms with Gasteiger partial charge in [-0.05, 0) is 55.8 Å². The van der Waals surface area contributed by atoms with Crippen molar-refractivity contribution < 1.29 is 9.13 Å². The number of hydrogen-bond acceptors (Lipinski definition) is 3. The number of aromatic amines is 1. The van der Waals surface area contributed by atoms with E-state index in [1.807, 2.05) is 19.1 Å². The maximum atomic E-state index is 13.4. The number of ether oxygens (including phenoxy) is 1. The van der Waals surface area contributed by atoms with Gasteiger partial charge in [0.15, 0.2) is 5.43 Å². The zero-order valence-corrected chi connectivity index (χ0v) is 15.8. The van der Waals surface area contributed by atoms with Crippen LogP contribution >= 0.6 is 0 Å². The predicted molar refractivity (Wildman–Crippen MR) is 107 cm³/mol. The minimum absolute atomic E-state index is 0.157. The summed E-state index contributed by atoms with van der Waals surface area (Å²) >= 11 is 0. The number of rotatable bonds is 8. The molecule has 2 aromatic carbocycles. The Balaban J connectivity index is 1.78. The van der Waals surface area contributed by atoms with Crippen molar-refractivity contribution in [3.05, 3.63) is 75.8 Å². The molecule has 0 amide bonds. The maximum absolute atomic E-state index is 13.4. The standard InChI is InChI=1S/C22H25FN2O2/c1-3-11-25(14-16-5-8-19(9-6-16)27-4-2)15-18-13-22(26)20-12-17(23)7-10-21(20)24-18/h5-10,12-13H,3-4,11,14-15H2,1-2H3,(H,24,26). The summed E-state index contributed by atoms with van der Waals surface area (Å²) in [7, 11) is 0. The third-order valence-corrected chi connectivity index (χ3v) is 4.42. The molecule has 1 heterocycles. The van der Waals surface area contributed by atoms with E-state index < -0.39 is 5.82 Å². The highest BCUT2D eigenvalue weighted by Gasteiger charge is 2.10. The van der Waals surface area contributed by atoms with Crippen LogP contribution in [0.2, 0.25) is 0 Å². The van der Waals surface area contributed by atoms with Gasteiger partial charge in [-0.2, -0.15) is 0 Å². The zero-order valence-electron chi connectivity index (χ0n) is 15.8. The van der Waals surface area contributed by atoms with Crippen molar-refractivity contribution in [2.75, 3.05) is 13.2 Å². The van der Waals surface area contributed by atoms with Crippen LogP contribution in [0.5, 0.6) is 5.75 Å². The SMILES string of the molecule is CCCN(Cc1ccc(OCC)cc1)Cc1cc(=O)c2cc(F)ccc2[nH]1. The molecule has 27 heavy (non-hydrogen) atoms. The molecule has 0 aliphatic heterocycles. The first-order valence-electron chi connectivity index (χ1n) is 9.34. The molecule has 0 radical (unpaired) electrons. The summed E-state index contributed by atoms with van der Waals surface area (Å²) in [5.41, 5.74) is 2.53. The molecular formula is C22H25FN2O2. The third-order valence-electron chi connectivity index (χ3n) is 4.42. The number of nitrogens with zero attached hydrogens (tertiary/aromatic N) is 1.